The number of aromatic nitrogens is 3. The van der Waals surface area contributed by atoms with Gasteiger partial charge in [0.25, 0.3) is 17.2 Å². The van der Waals surface area contributed by atoms with Crippen LogP contribution in [0.4, 0.5) is 4.39 Å². The number of rotatable bonds is 2. The van der Waals surface area contributed by atoms with E-state index in [9.17, 15) is 18.8 Å². The molecule has 0 spiro atoms. The van der Waals surface area contributed by atoms with Crippen molar-refractivity contribution in [2.45, 2.75) is 13.0 Å². The maximum Gasteiger partial charge on any atom is 0.295 e. The number of nitrogens with one attached hydrogen (secondary N) is 1. The first-order chi connectivity index (χ1) is 14.0. The number of carbonyl (C=O) groups is 2. The number of hydrogen-bond acceptors (Lipinski definition) is 4. The second kappa shape index (κ2) is 6.37. The van der Waals surface area contributed by atoms with Gasteiger partial charge in [0.1, 0.15) is 11.5 Å². The molecule has 1 N–H and O–H groups in total. The van der Waals surface area contributed by atoms with Gasteiger partial charge in [0.05, 0.1) is 23.4 Å². The van der Waals surface area contributed by atoms with Crippen LogP contribution in [0.15, 0.2) is 53.6 Å². The van der Waals surface area contributed by atoms with Crippen LogP contribution < -0.4 is 5.56 Å². The fourth-order valence-electron chi connectivity index (χ4n) is 3.76. The van der Waals surface area contributed by atoms with Gasteiger partial charge in [-0.1, -0.05) is 18.2 Å². The molecule has 1 aliphatic heterocycles. The van der Waals surface area contributed by atoms with Crippen LogP contribution in [-0.4, -0.2) is 37.5 Å². The number of fused-ring (bicyclic) bond motifs is 3. The van der Waals surface area contributed by atoms with Crippen molar-refractivity contribution < 1.29 is 14.0 Å². The Morgan fingerprint density at radius 2 is 1.97 bits per heavy atom. The van der Waals surface area contributed by atoms with Crippen molar-refractivity contribution in [3.8, 4) is 0 Å². The Morgan fingerprint density at radius 1 is 1.14 bits per heavy atom. The van der Waals surface area contributed by atoms with Gasteiger partial charge in [-0.3, -0.25) is 18.8 Å². The second-order valence-corrected chi connectivity index (χ2v) is 6.97. The summed E-state index contributed by atoms with van der Waals surface area (Å²) in [5.74, 6) is -1.87. The zero-order valence-electron chi connectivity index (χ0n) is 15.2. The largest absolute Gasteiger partial charge is 0.360 e. The highest BCUT2D eigenvalue weighted by atomic mass is 19.1. The molecule has 8 heteroatoms. The van der Waals surface area contributed by atoms with E-state index in [2.05, 4.69) is 9.97 Å². The van der Waals surface area contributed by atoms with Crippen molar-refractivity contribution in [3.05, 3.63) is 81.8 Å². The normalized spacial score (nSPS) is 13.6. The summed E-state index contributed by atoms with van der Waals surface area (Å²) in [6, 6.07) is 9.91. The van der Waals surface area contributed by atoms with Gasteiger partial charge in [0.2, 0.25) is 0 Å². The van der Waals surface area contributed by atoms with Crippen LogP contribution in [0.2, 0.25) is 0 Å². The molecule has 7 nitrogen and oxygen atoms in total. The predicted octanol–water partition coefficient (Wildman–Crippen LogP) is 2.08. The Balaban J connectivity index is 1.49. The van der Waals surface area contributed by atoms with E-state index in [1.807, 2.05) is 12.1 Å². The molecule has 4 heterocycles. The summed E-state index contributed by atoms with van der Waals surface area (Å²) in [5, 5.41) is 0.673. The van der Waals surface area contributed by atoms with E-state index < -0.39 is 23.1 Å². The molecule has 5 rings (SSSR count). The number of hydrogen-bond donors (Lipinski definition) is 1. The van der Waals surface area contributed by atoms with Crippen LogP contribution in [0.25, 0.3) is 16.6 Å². The molecule has 0 aliphatic carbocycles. The number of ketones is 1. The standard InChI is InChI=1S/C21H15FN4O3/c22-12-5-6-18-24-17-7-8-25(11-15(17)20(28)26(18)10-12)21(29)19(27)14-9-23-16-4-2-1-3-13(14)16/h1-6,9-10,23H,7-8,11H2. The first-order valence-electron chi connectivity index (χ1n) is 9.12. The summed E-state index contributed by atoms with van der Waals surface area (Å²) in [4.78, 5) is 47.2. The summed E-state index contributed by atoms with van der Waals surface area (Å²) in [6.07, 6.45) is 2.95. The number of benzene rings is 1. The molecular weight excluding hydrogens is 375 g/mol. The van der Waals surface area contributed by atoms with Gasteiger partial charge in [-0.05, 0) is 18.2 Å². The van der Waals surface area contributed by atoms with E-state index in [1.54, 1.807) is 12.1 Å². The number of carbonyl (C=O) groups excluding carboxylic acids is 2. The van der Waals surface area contributed by atoms with Crippen molar-refractivity contribution in [1.29, 1.82) is 0 Å². The number of pyridine rings is 1. The maximum atomic E-state index is 13.5. The van der Waals surface area contributed by atoms with E-state index in [-0.39, 0.29) is 13.1 Å². The second-order valence-electron chi connectivity index (χ2n) is 6.97. The monoisotopic (exact) mass is 390 g/mol. The van der Waals surface area contributed by atoms with E-state index in [4.69, 9.17) is 0 Å². The quantitative estimate of drug-likeness (QED) is 0.419. The highest BCUT2D eigenvalue weighted by molar-refractivity contribution is 6.44. The lowest BCUT2D eigenvalue weighted by molar-refractivity contribution is -0.127. The summed E-state index contributed by atoms with van der Waals surface area (Å²) in [5.41, 5.74) is 1.87. The molecule has 1 amide bonds. The zero-order chi connectivity index (χ0) is 20.1. The highest BCUT2D eigenvalue weighted by Crippen LogP contribution is 2.21. The third-order valence-corrected chi connectivity index (χ3v) is 5.25. The van der Waals surface area contributed by atoms with Crippen LogP contribution in [0, 0.1) is 5.82 Å². The number of nitrogens with zero attached hydrogens (tertiary/aromatic N) is 3. The van der Waals surface area contributed by atoms with Crippen molar-refractivity contribution in [3.63, 3.8) is 0 Å². The van der Waals surface area contributed by atoms with E-state index in [0.717, 1.165) is 16.1 Å². The van der Waals surface area contributed by atoms with Crippen LogP contribution in [0.1, 0.15) is 21.6 Å². The van der Waals surface area contributed by atoms with Crippen molar-refractivity contribution >= 4 is 28.2 Å². The summed E-state index contributed by atoms with van der Waals surface area (Å²) in [7, 11) is 0. The molecule has 3 aromatic heterocycles. The average molecular weight is 390 g/mol. The predicted molar refractivity (Wildman–Crippen MR) is 103 cm³/mol. The van der Waals surface area contributed by atoms with Crippen LogP contribution in [-0.2, 0) is 17.8 Å². The zero-order valence-corrected chi connectivity index (χ0v) is 15.2. The molecule has 1 aromatic carbocycles. The van der Waals surface area contributed by atoms with E-state index in [1.165, 1.54) is 23.2 Å². The van der Waals surface area contributed by atoms with E-state index >= 15 is 0 Å². The first kappa shape index (κ1) is 17.3. The maximum absolute atomic E-state index is 13.5. The molecule has 144 valence electrons. The lowest BCUT2D eigenvalue weighted by atomic mass is 10.0. The van der Waals surface area contributed by atoms with Crippen molar-refractivity contribution in [2.75, 3.05) is 6.54 Å². The average Bonchev–Trinajstić information content (AvgIpc) is 3.17. The third-order valence-electron chi connectivity index (χ3n) is 5.25. The van der Waals surface area contributed by atoms with Crippen LogP contribution >= 0.6 is 0 Å². The van der Waals surface area contributed by atoms with Gasteiger partial charge >= 0.3 is 0 Å². The lowest BCUT2D eigenvalue weighted by Crippen LogP contribution is -2.43. The number of para-hydroxylation sites is 1. The van der Waals surface area contributed by atoms with Crippen LogP contribution in [0.5, 0.6) is 0 Å². The number of aromatic amines is 1. The van der Waals surface area contributed by atoms with Gasteiger partial charge in [-0.2, -0.15) is 0 Å². The molecule has 1 aliphatic rings. The smallest absolute Gasteiger partial charge is 0.295 e. The Morgan fingerprint density at radius 3 is 2.83 bits per heavy atom. The van der Waals surface area contributed by atoms with Gasteiger partial charge < -0.3 is 9.88 Å². The SMILES string of the molecule is O=C(C(=O)N1CCc2nc3ccc(F)cn3c(=O)c2C1)c1c[nH]c2ccccc12. The molecule has 0 bridgehead atoms. The number of amides is 1. The summed E-state index contributed by atoms with van der Waals surface area (Å²) >= 11 is 0. The molecule has 0 atom stereocenters. The van der Waals surface area contributed by atoms with Gasteiger partial charge in [-0.25, -0.2) is 9.37 Å². The fourth-order valence-corrected chi connectivity index (χ4v) is 3.76. The minimum atomic E-state index is -0.677. The Kier molecular flexibility index (Phi) is 3.80. The fraction of sp³-hybridized carbons (Fsp3) is 0.143. The minimum absolute atomic E-state index is 0.0342. The molecule has 0 radical (unpaired) electrons. The molecular formula is C21H15FN4O3. The molecule has 0 saturated heterocycles. The summed E-state index contributed by atoms with van der Waals surface area (Å²) < 4.78 is 14.7. The van der Waals surface area contributed by atoms with Gasteiger partial charge in [-0.15, -0.1) is 0 Å². The molecule has 29 heavy (non-hydrogen) atoms. The van der Waals surface area contributed by atoms with Crippen LogP contribution in [0.3, 0.4) is 0 Å². The summed E-state index contributed by atoms with van der Waals surface area (Å²) in [6.45, 7) is 0.247. The lowest BCUT2D eigenvalue weighted by Gasteiger charge is -2.27. The third kappa shape index (κ3) is 2.72. The number of Topliss-reactive ketones (excluding diaryl/α,β-unsaturated/α-hetero) is 1. The minimum Gasteiger partial charge on any atom is -0.360 e. The van der Waals surface area contributed by atoms with E-state index in [0.29, 0.717) is 34.3 Å². The van der Waals surface area contributed by atoms with Gasteiger partial charge in [0.15, 0.2) is 0 Å². The topological polar surface area (TPSA) is 87.5 Å². The van der Waals surface area contributed by atoms with Crippen molar-refractivity contribution in [1.82, 2.24) is 19.3 Å². The molecule has 0 unspecified atom stereocenters. The first-order valence-corrected chi connectivity index (χ1v) is 9.12. The van der Waals surface area contributed by atoms with Crippen molar-refractivity contribution in [2.24, 2.45) is 0 Å². The number of halogens is 1. The molecule has 0 fully saturated rings. The highest BCUT2D eigenvalue weighted by Gasteiger charge is 2.30. The Bertz CT molecular complexity index is 1370. The molecule has 4 aromatic rings. The Labute approximate surface area is 163 Å². The Hall–Kier alpha value is -3.81. The number of H-pyrrole nitrogens is 1. The van der Waals surface area contributed by atoms with Gasteiger partial charge in [0, 0.05) is 36.3 Å². The molecule has 0 saturated carbocycles.